The molecule has 0 aliphatic rings. The highest BCUT2D eigenvalue weighted by Gasteiger charge is 2.06. The molecule has 0 saturated heterocycles. The second-order valence-corrected chi connectivity index (χ2v) is 9.31. The molecular formula is C28H50O2. The van der Waals surface area contributed by atoms with Crippen molar-refractivity contribution in [2.24, 2.45) is 5.92 Å². The summed E-state index contributed by atoms with van der Waals surface area (Å²) >= 11 is 0. The predicted octanol–water partition coefficient (Wildman–Crippen LogP) is 8.16. The number of rotatable bonds is 20. The Bertz CT molecular complexity index is 497. The van der Waals surface area contributed by atoms with E-state index in [0.29, 0.717) is 0 Å². The van der Waals surface area contributed by atoms with Crippen LogP contribution in [-0.4, -0.2) is 25.9 Å². The van der Waals surface area contributed by atoms with Crippen molar-refractivity contribution >= 4 is 0 Å². The van der Waals surface area contributed by atoms with E-state index < -0.39 is 0 Å². The van der Waals surface area contributed by atoms with Crippen molar-refractivity contribution in [2.75, 3.05) is 19.8 Å². The standard InChI is InChI=1S/C28H50O2/c1-5-7-22-30-28(6-2)24-29-21-14-10-13-18-27-20-15-19-26(23-27)17-12-9-8-11-16-25(3)4/h15,19-20,23,25,28H,5-14,16-18,21-22,24H2,1-4H3. The molecule has 0 saturated carbocycles. The van der Waals surface area contributed by atoms with E-state index in [1.165, 1.54) is 75.3 Å². The van der Waals surface area contributed by atoms with Crippen molar-refractivity contribution in [2.45, 2.75) is 117 Å². The van der Waals surface area contributed by atoms with E-state index >= 15 is 0 Å². The summed E-state index contributed by atoms with van der Waals surface area (Å²) in [5.74, 6) is 0.853. The van der Waals surface area contributed by atoms with Gasteiger partial charge in [-0.1, -0.05) is 90.5 Å². The summed E-state index contributed by atoms with van der Waals surface area (Å²) in [6.45, 7) is 11.5. The van der Waals surface area contributed by atoms with Crippen molar-refractivity contribution in [1.82, 2.24) is 0 Å². The molecule has 0 radical (unpaired) electrons. The quantitative estimate of drug-likeness (QED) is 0.199. The molecular weight excluding hydrogens is 368 g/mol. The summed E-state index contributed by atoms with van der Waals surface area (Å²) in [6, 6.07) is 9.28. The third kappa shape index (κ3) is 15.0. The molecule has 0 fully saturated rings. The average Bonchev–Trinajstić information content (AvgIpc) is 2.74. The van der Waals surface area contributed by atoms with Crippen LogP contribution in [0.1, 0.15) is 109 Å². The number of ether oxygens (including phenoxy) is 2. The fraction of sp³-hybridized carbons (Fsp3) is 0.786. The third-order valence-electron chi connectivity index (χ3n) is 5.85. The van der Waals surface area contributed by atoms with Crippen LogP contribution in [0.5, 0.6) is 0 Å². The molecule has 0 heterocycles. The van der Waals surface area contributed by atoms with E-state index in [-0.39, 0.29) is 6.10 Å². The summed E-state index contributed by atoms with van der Waals surface area (Å²) in [5, 5.41) is 0. The third-order valence-corrected chi connectivity index (χ3v) is 5.85. The molecule has 0 aromatic heterocycles. The van der Waals surface area contributed by atoms with Gasteiger partial charge >= 0.3 is 0 Å². The Labute approximate surface area is 188 Å². The second kappa shape index (κ2) is 18.9. The highest BCUT2D eigenvalue weighted by molar-refractivity contribution is 5.23. The Kier molecular flexibility index (Phi) is 17.1. The molecule has 2 nitrogen and oxygen atoms in total. The Morgan fingerprint density at radius 1 is 0.767 bits per heavy atom. The molecule has 30 heavy (non-hydrogen) atoms. The van der Waals surface area contributed by atoms with E-state index in [0.717, 1.165) is 45.0 Å². The van der Waals surface area contributed by atoms with Crippen LogP contribution >= 0.6 is 0 Å². The smallest absolute Gasteiger partial charge is 0.0805 e. The maximum Gasteiger partial charge on any atom is 0.0805 e. The van der Waals surface area contributed by atoms with Crippen molar-refractivity contribution in [3.63, 3.8) is 0 Å². The lowest BCUT2D eigenvalue weighted by atomic mass is 10.00. The largest absolute Gasteiger partial charge is 0.379 e. The lowest BCUT2D eigenvalue weighted by molar-refractivity contribution is -0.0196. The zero-order chi connectivity index (χ0) is 21.9. The van der Waals surface area contributed by atoms with Gasteiger partial charge in [0.25, 0.3) is 0 Å². The van der Waals surface area contributed by atoms with Crippen LogP contribution < -0.4 is 0 Å². The summed E-state index contributed by atoms with van der Waals surface area (Å²) < 4.78 is 11.7. The molecule has 0 aliphatic heterocycles. The molecule has 1 aromatic carbocycles. The zero-order valence-electron chi connectivity index (χ0n) is 20.6. The van der Waals surface area contributed by atoms with Gasteiger partial charge in [0.2, 0.25) is 0 Å². The number of aryl methyl sites for hydroxylation is 2. The minimum atomic E-state index is 0.273. The van der Waals surface area contributed by atoms with E-state index in [9.17, 15) is 0 Å². The molecule has 0 N–H and O–H groups in total. The van der Waals surface area contributed by atoms with Gasteiger partial charge in [-0.05, 0) is 62.0 Å². The zero-order valence-corrected chi connectivity index (χ0v) is 20.6. The number of hydrogen-bond donors (Lipinski definition) is 0. The first-order valence-corrected chi connectivity index (χ1v) is 12.9. The van der Waals surface area contributed by atoms with Crippen LogP contribution in [-0.2, 0) is 22.3 Å². The first-order chi connectivity index (χ1) is 14.7. The Morgan fingerprint density at radius 2 is 1.43 bits per heavy atom. The van der Waals surface area contributed by atoms with Gasteiger partial charge < -0.3 is 9.47 Å². The fourth-order valence-electron chi connectivity index (χ4n) is 3.78. The van der Waals surface area contributed by atoms with E-state index in [1.54, 1.807) is 0 Å². The molecule has 0 spiro atoms. The van der Waals surface area contributed by atoms with Gasteiger partial charge in [0, 0.05) is 13.2 Å². The minimum Gasteiger partial charge on any atom is -0.379 e. The SMILES string of the molecule is CCCCOC(CC)COCCCCCc1cccc(CCCCCCC(C)C)c1. The van der Waals surface area contributed by atoms with E-state index in [1.807, 2.05) is 0 Å². The number of benzene rings is 1. The van der Waals surface area contributed by atoms with Gasteiger partial charge in [-0.15, -0.1) is 0 Å². The molecule has 0 aliphatic carbocycles. The first kappa shape index (κ1) is 27.2. The highest BCUT2D eigenvalue weighted by Crippen LogP contribution is 2.14. The molecule has 1 atom stereocenters. The molecule has 174 valence electrons. The van der Waals surface area contributed by atoms with Crippen LogP contribution in [0, 0.1) is 5.92 Å². The highest BCUT2D eigenvalue weighted by atomic mass is 16.5. The van der Waals surface area contributed by atoms with E-state index in [4.69, 9.17) is 9.47 Å². The topological polar surface area (TPSA) is 18.5 Å². The van der Waals surface area contributed by atoms with Gasteiger partial charge in [-0.2, -0.15) is 0 Å². The van der Waals surface area contributed by atoms with Crippen LogP contribution in [0.2, 0.25) is 0 Å². The number of hydrogen-bond acceptors (Lipinski definition) is 2. The average molecular weight is 419 g/mol. The van der Waals surface area contributed by atoms with Crippen LogP contribution in [0.4, 0.5) is 0 Å². The Hall–Kier alpha value is -0.860. The maximum atomic E-state index is 5.86. The summed E-state index contributed by atoms with van der Waals surface area (Å²) in [5.41, 5.74) is 3.02. The van der Waals surface area contributed by atoms with Crippen LogP contribution in [0.3, 0.4) is 0 Å². The van der Waals surface area contributed by atoms with Crippen molar-refractivity contribution in [3.05, 3.63) is 35.4 Å². The summed E-state index contributed by atoms with van der Waals surface area (Å²) in [7, 11) is 0. The second-order valence-electron chi connectivity index (χ2n) is 9.31. The Morgan fingerprint density at radius 3 is 2.07 bits per heavy atom. The molecule has 0 amide bonds. The lowest BCUT2D eigenvalue weighted by Gasteiger charge is -2.16. The van der Waals surface area contributed by atoms with Gasteiger partial charge in [0.1, 0.15) is 0 Å². The van der Waals surface area contributed by atoms with E-state index in [2.05, 4.69) is 52.0 Å². The normalized spacial score (nSPS) is 12.6. The van der Waals surface area contributed by atoms with Crippen LogP contribution in [0.15, 0.2) is 24.3 Å². The monoisotopic (exact) mass is 418 g/mol. The van der Waals surface area contributed by atoms with Crippen LogP contribution in [0.25, 0.3) is 0 Å². The lowest BCUT2D eigenvalue weighted by Crippen LogP contribution is -2.20. The molecule has 1 rings (SSSR count). The molecule has 1 unspecified atom stereocenters. The van der Waals surface area contributed by atoms with Crippen molar-refractivity contribution < 1.29 is 9.47 Å². The van der Waals surface area contributed by atoms with Gasteiger partial charge in [-0.3, -0.25) is 0 Å². The fourth-order valence-corrected chi connectivity index (χ4v) is 3.78. The van der Waals surface area contributed by atoms with Gasteiger partial charge in [0.15, 0.2) is 0 Å². The van der Waals surface area contributed by atoms with Gasteiger partial charge in [-0.25, -0.2) is 0 Å². The predicted molar refractivity (Wildman–Crippen MR) is 131 cm³/mol. The Balaban J connectivity index is 2.07. The van der Waals surface area contributed by atoms with Gasteiger partial charge in [0.05, 0.1) is 12.7 Å². The van der Waals surface area contributed by atoms with Crippen molar-refractivity contribution in [1.29, 1.82) is 0 Å². The molecule has 2 heteroatoms. The molecule has 1 aromatic rings. The number of unbranched alkanes of at least 4 members (excludes halogenated alkanes) is 6. The maximum absolute atomic E-state index is 5.86. The molecule has 0 bridgehead atoms. The summed E-state index contributed by atoms with van der Waals surface area (Å²) in [4.78, 5) is 0. The minimum absolute atomic E-state index is 0.273. The summed E-state index contributed by atoms with van der Waals surface area (Å²) in [6.07, 6.45) is 16.6. The first-order valence-electron chi connectivity index (χ1n) is 12.9. The van der Waals surface area contributed by atoms with Crippen molar-refractivity contribution in [3.8, 4) is 0 Å².